The number of hydrogen-bond donors (Lipinski definition) is 2. The van der Waals surface area contributed by atoms with E-state index >= 15 is 0 Å². The first-order chi connectivity index (χ1) is 10.3. The number of aromatic nitrogens is 2. The van der Waals surface area contributed by atoms with Gasteiger partial charge in [-0.3, -0.25) is 4.57 Å². The van der Waals surface area contributed by atoms with Gasteiger partial charge in [-0.25, -0.2) is 18.5 Å². The molecule has 22 heavy (non-hydrogen) atoms. The molecule has 0 spiro atoms. The molecule has 0 aliphatic rings. The van der Waals surface area contributed by atoms with Crippen molar-refractivity contribution in [3.63, 3.8) is 0 Å². The van der Waals surface area contributed by atoms with Gasteiger partial charge in [0.15, 0.2) is 0 Å². The number of benzene rings is 2. The van der Waals surface area contributed by atoms with Gasteiger partial charge in [-0.15, -0.1) is 0 Å². The highest BCUT2D eigenvalue weighted by atomic mass is 35.5. The van der Waals surface area contributed by atoms with Crippen LogP contribution in [0.25, 0.3) is 16.7 Å². The molecule has 0 amide bonds. The Morgan fingerprint density at radius 3 is 2.41 bits per heavy atom. The maximum absolute atomic E-state index is 11.6. The van der Waals surface area contributed by atoms with Gasteiger partial charge in [0.1, 0.15) is 4.90 Å². The lowest BCUT2D eigenvalue weighted by atomic mass is 10.2. The van der Waals surface area contributed by atoms with Crippen LogP contribution in [0.4, 0.5) is 5.95 Å². The normalized spacial score (nSPS) is 12.0. The average molecular weight is 337 g/mol. The molecule has 0 fully saturated rings. The molecule has 3 aromatic rings. The third-order valence-electron chi connectivity index (χ3n) is 3.33. The standard InChI is InChI=1S/C14H13ClN4O2S/c1-8-2-4-9(5-3-8)19-12-7-13(22(17,20)21)10(15)6-11(12)18-14(19)16/h2-7H,1H3,(H2,16,18)(H2,17,20,21). The van der Waals surface area contributed by atoms with Crippen molar-refractivity contribution in [3.8, 4) is 5.69 Å². The number of aryl methyl sites for hydroxylation is 1. The second-order valence-electron chi connectivity index (χ2n) is 4.96. The summed E-state index contributed by atoms with van der Waals surface area (Å²) in [7, 11) is -3.94. The van der Waals surface area contributed by atoms with Gasteiger partial charge in [-0.1, -0.05) is 29.3 Å². The van der Waals surface area contributed by atoms with Crippen LogP contribution in [-0.2, 0) is 10.0 Å². The molecule has 0 saturated heterocycles. The fraction of sp³-hybridized carbons (Fsp3) is 0.0714. The van der Waals surface area contributed by atoms with Gasteiger partial charge in [0, 0.05) is 5.69 Å². The third-order valence-corrected chi connectivity index (χ3v) is 4.71. The summed E-state index contributed by atoms with van der Waals surface area (Å²) >= 11 is 5.97. The zero-order valence-electron chi connectivity index (χ0n) is 11.6. The van der Waals surface area contributed by atoms with Crippen LogP contribution in [0, 0.1) is 6.92 Å². The van der Waals surface area contributed by atoms with E-state index in [1.54, 1.807) is 4.57 Å². The maximum Gasteiger partial charge on any atom is 0.239 e. The SMILES string of the molecule is Cc1ccc(-n2c(N)nc3cc(Cl)c(S(N)(=O)=O)cc32)cc1. The molecule has 0 saturated carbocycles. The number of nitrogens with zero attached hydrogens (tertiary/aromatic N) is 2. The van der Waals surface area contributed by atoms with Gasteiger partial charge < -0.3 is 5.73 Å². The Morgan fingerprint density at radius 2 is 1.82 bits per heavy atom. The number of primary sulfonamides is 1. The number of imidazole rings is 1. The highest BCUT2D eigenvalue weighted by Crippen LogP contribution is 2.30. The number of nitrogen functional groups attached to an aromatic ring is 1. The summed E-state index contributed by atoms with van der Waals surface area (Å²) in [6.07, 6.45) is 0. The van der Waals surface area contributed by atoms with Crippen molar-refractivity contribution in [3.05, 3.63) is 47.0 Å². The van der Waals surface area contributed by atoms with Gasteiger partial charge in [0.25, 0.3) is 0 Å². The minimum Gasteiger partial charge on any atom is -0.369 e. The number of sulfonamides is 1. The van der Waals surface area contributed by atoms with E-state index in [1.807, 2.05) is 31.2 Å². The van der Waals surface area contributed by atoms with Crippen molar-refractivity contribution >= 4 is 38.6 Å². The van der Waals surface area contributed by atoms with Gasteiger partial charge in [0.05, 0.1) is 16.1 Å². The van der Waals surface area contributed by atoms with E-state index in [-0.39, 0.29) is 15.9 Å². The minimum absolute atomic E-state index is 0.0172. The number of nitrogens with two attached hydrogens (primary N) is 2. The number of halogens is 1. The van der Waals surface area contributed by atoms with Gasteiger partial charge in [0.2, 0.25) is 16.0 Å². The topological polar surface area (TPSA) is 104 Å². The van der Waals surface area contributed by atoms with Crippen LogP contribution >= 0.6 is 11.6 Å². The fourth-order valence-corrected chi connectivity index (χ4v) is 3.37. The second-order valence-corrected chi connectivity index (χ2v) is 6.89. The minimum atomic E-state index is -3.94. The smallest absolute Gasteiger partial charge is 0.239 e. The van der Waals surface area contributed by atoms with Crippen LogP contribution in [0.3, 0.4) is 0 Å². The van der Waals surface area contributed by atoms with Crippen LogP contribution in [0.5, 0.6) is 0 Å². The second kappa shape index (κ2) is 4.98. The van der Waals surface area contributed by atoms with Gasteiger partial charge in [-0.2, -0.15) is 0 Å². The van der Waals surface area contributed by atoms with Crippen molar-refractivity contribution in [1.29, 1.82) is 0 Å². The maximum atomic E-state index is 11.6. The summed E-state index contributed by atoms with van der Waals surface area (Å²) in [6.45, 7) is 1.97. The molecule has 8 heteroatoms. The summed E-state index contributed by atoms with van der Waals surface area (Å²) in [6, 6.07) is 10.4. The fourth-order valence-electron chi connectivity index (χ4n) is 2.28. The largest absolute Gasteiger partial charge is 0.369 e. The van der Waals surface area contributed by atoms with Crippen LogP contribution in [0.1, 0.15) is 5.56 Å². The zero-order chi connectivity index (χ0) is 16.1. The molecule has 0 bridgehead atoms. The molecule has 0 aliphatic heterocycles. The predicted molar refractivity (Wildman–Crippen MR) is 86.6 cm³/mol. The van der Waals surface area contributed by atoms with Crippen molar-refractivity contribution in [2.45, 2.75) is 11.8 Å². The lowest BCUT2D eigenvalue weighted by Gasteiger charge is -2.08. The van der Waals surface area contributed by atoms with Gasteiger partial charge >= 0.3 is 0 Å². The third kappa shape index (κ3) is 2.43. The Morgan fingerprint density at radius 1 is 1.18 bits per heavy atom. The predicted octanol–water partition coefficient (Wildman–Crippen LogP) is 2.22. The van der Waals surface area contributed by atoms with E-state index in [2.05, 4.69) is 4.98 Å². The highest BCUT2D eigenvalue weighted by Gasteiger charge is 2.18. The quantitative estimate of drug-likeness (QED) is 0.748. The van der Waals surface area contributed by atoms with Crippen molar-refractivity contribution in [2.75, 3.05) is 5.73 Å². The molecule has 0 unspecified atom stereocenters. The molecular formula is C14H13ClN4O2S. The molecule has 2 aromatic carbocycles. The number of fused-ring (bicyclic) bond motifs is 1. The number of anilines is 1. The molecular weight excluding hydrogens is 324 g/mol. The van der Waals surface area contributed by atoms with Crippen molar-refractivity contribution in [1.82, 2.24) is 9.55 Å². The van der Waals surface area contributed by atoms with Crippen molar-refractivity contribution < 1.29 is 8.42 Å². The Hall–Kier alpha value is -2.09. The first kappa shape index (κ1) is 14.8. The summed E-state index contributed by atoms with van der Waals surface area (Å²) in [4.78, 5) is 4.06. The number of rotatable bonds is 2. The summed E-state index contributed by atoms with van der Waals surface area (Å²) in [5.74, 6) is 0.237. The van der Waals surface area contributed by atoms with Gasteiger partial charge in [-0.05, 0) is 31.2 Å². The van der Waals surface area contributed by atoms with Crippen LogP contribution in [0.2, 0.25) is 5.02 Å². The molecule has 0 radical (unpaired) electrons. The van der Waals surface area contributed by atoms with E-state index in [0.717, 1.165) is 11.3 Å². The Bertz CT molecular complexity index is 978. The molecule has 114 valence electrons. The van der Waals surface area contributed by atoms with E-state index < -0.39 is 10.0 Å². The molecule has 1 heterocycles. The average Bonchev–Trinajstić information content (AvgIpc) is 2.73. The molecule has 1 aromatic heterocycles. The summed E-state index contributed by atoms with van der Waals surface area (Å²) in [5.41, 5.74) is 8.85. The highest BCUT2D eigenvalue weighted by molar-refractivity contribution is 7.89. The van der Waals surface area contributed by atoms with Crippen molar-refractivity contribution in [2.24, 2.45) is 5.14 Å². The molecule has 0 aliphatic carbocycles. The monoisotopic (exact) mass is 336 g/mol. The summed E-state index contributed by atoms with van der Waals surface area (Å²) in [5, 5.41) is 5.21. The first-order valence-corrected chi connectivity index (χ1v) is 8.27. The first-order valence-electron chi connectivity index (χ1n) is 6.34. The Labute approximate surface area is 132 Å². The van der Waals surface area contributed by atoms with E-state index in [1.165, 1.54) is 12.1 Å². The Balaban J connectivity index is 2.35. The lowest BCUT2D eigenvalue weighted by Crippen LogP contribution is -2.13. The van der Waals surface area contributed by atoms with Crippen LogP contribution in [0.15, 0.2) is 41.3 Å². The molecule has 6 nitrogen and oxygen atoms in total. The Kier molecular flexibility index (Phi) is 3.36. The lowest BCUT2D eigenvalue weighted by molar-refractivity contribution is 0.598. The molecule has 0 atom stereocenters. The zero-order valence-corrected chi connectivity index (χ0v) is 13.2. The van der Waals surface area contributed by atoms with E-state index in [9.17, 15) is 8.42 Å². The molecule has 3 rings (SSSR count). The number of hydrogen-bond acceptors (Lipinski definition) is 4. The van der Waals surface area contributed by atoms with Crippen LogP contribution in [-0.4, -0.2) is 18.0 Å². The van der Waals surface area contributed by atoms with Crippen LogP contribution < -0.4 is 10.9 Å². The van der Waals surface area contributed by atoms with E-state index in [4.69, 9.17) is 22.5 Å². The van der Waals surface area contributed by atoms with E-state index in [0.29, 0.717) is 11.0 Å². The summed E-state index contributed by atoms with van der Waals surface area (Å²) < 4.78 is 24.9. The molecule has 4 N–H and O–H groups in total.